The van der Waals surface area contributed by atoms with Gasteiger partial charge >= 0.3 is 0 Å². The van der Waals surface area contributed by atoms with Crippen molar-refractivity contribution in [3.05, 3.63) is 48.4 Å². The predicted molar refractivity (Wildman–Crippen MR) is 140 cm³/mol. The van der Waals surface area contributed by atoms with Gasteiger partial charge in [0, 0.05) is 49.2 Å². The van der Waals surface area contributed by atoms with E-state index in [-0.39, 0.29) is 34.7 Å². The Bertz CT molecular complexity index is 1610. The van der Waals surface area contributed by atoms with Crippen LogP contribution in [0.4, 0.5) is 16.2 Å². The number of nitrogens with one attached hydrogen (secondary N) is 2. The van der Waals surface area contributed by atoms with Crippen molar-refractivity contribution in [2.24, 2.45) is 0 Å². The number of nitrogens with zero attached hydrogens (tertiary/aromatic N) is 7. The molecule has 0 radical (unpaired) electrons. The first-order valence-electron chi connectivity index (χ1n) is 12.6. The van der Waals surface area contributed by atoms with Gasteiger partial charge in [-0.2, -0.15) is 4.31 Å². The second-order valence-corrected chi connectivity index (χ2v) is 12.0. The Labute approximate surface area is 219 Å². The smallest absolute Gasteiger partial charge is 0.244 e. The molecule has 0 aromatic carbocycles. The number of fused-ring (bicyclic) bond motifs is 3. The van der Waals surface area contributed by atoms with E-state index in [9.17, 15) is 12.8 Å². The number of aromatic nitrogens is 6. The molecule has 2 fully saturated rings. The minimum atomic E-state index is -3.64. The Morgan fingerprint density at radius 2 is 1.82 bits per heavy atom. The highest BCUT2D eigenvalue weighted by atomic mass is 32.2. The summed E-state index contributed by atoms with van der Waals surface area (Å²) >= 11 is 0. The maximum absolute atomic E-state index is 14.8. The van der Waals surface area contributed by atoms with Crippen molar-refractivity contribution >= 4 is 33.0 Å². The van der Waals surface area contributed by atoms with E-state index in [1.54, 1.807) is 6.07 Å². The fourth-order valence-electron chi connectivity index (χ4n) is 5.33. The van der Waals surface area contributed by atoms with Crippen molar-refractivity contribution in [3.63, 3.8) is 0 Å². The van der Waals surface area contributed by atoms with Gasteiger partial charge in [0.05, 0.1) is 11.7 Å². The number of anilines is 2. The van der Waals surface area contributed by atoms with Gasteiger partial charge in [-0.25, -0.2) is 37.7 Å². The molecule has 2 bridgehead atoms. The van der Waals surface area contributed by atoms with Gasteiger partial charge < -0.3 is 15.2 Å². The number of imidazole rings is 1. The van der Waals surface area contributed by atoms with Crippen LogP contribution in [-0.4, -0.2) is 67.4 Å². The Morgan fingerprint density at radius 1 is 1.05 bits per heavy atom. The summed E-state index contributed by atoms with van der Waals surface area (Å²) in [5.74, 6) is 0.690. The van der Waals surface area contributed by atoms with E-state index in [0.29, 0.717) is 30.1 Å². The number of pyridine rings is 2. The number of aryl methyl sites for hydroxylation is 1. The van der Waals surface area contributed by atoms with E-state index in [2.05, 4.69) is 35.6 Å². The average Bonchev–Trinajstić information content (AvgIpc) is 3.41. The molecule has 6 rings (SSSR count). The standard InChI is InChI=1S/C25H28FN9O2S/c1-14(2)35-15(3)30-24-21(35)8-16(9-28-24)23-20(26)11-29-25(33-23)32-22-7-6-19(10-27-22)38(36,37)34-12-17-4-5-18(13-34)31-17/h6-11,14,17-18,31H,4-5,12-13H2,1-3H3,(H,27,29,32,33). The third kappa shape index (κ3) is 4.40. The first kappa shape index (κ1) is 24.8. The van der Waals surface area contributed by atoms with E-state index in [0.717, 1.165) is 30.4 Å². The Morgan fingerprint density at radius 3 is 2.50 bits per heavy atom. The zero-order valence-corrected chi connectivity index (χ0v) is 22.1. The van der Waals surface area contributed by atoms with Gasteiger partial charge in [0.15, 0.2) is 11.5 Å². The van der Waals surface area contributed by atoms with Crippen LogP contribution in [0.2, 0.25) is 0 Å². The monoisotopic (exact) mass is 537 g/mol. The first-order chi connectivity index (χ1) is 18.2. The topological polar surface area (TPSA) is 131 Å². The van der Waals surface area contributed by atoms with Gasteiger partial charge in [-0.1, -0.05) is 0 Å². The molecule has 13 heteroatoms. The number of hydrogen-bond donors (Lipinski definition) is 2. The van der Waals surface area contributed by atoms with Crippen LogP contribution >= 0.6 is 0 Å². The highest BCUT2D eigenvalue weighted by Gasteiger charge is 2.38. The van der Waals surface area contributed by atoms with Crippen LogP contribution in [0.3, 0.4) is 0 Å². The molecule has 198 valence electrons. The molecular formula is C25H28FN9O2S. The van der Waals surface area contributed by atoms with Crippen molar-refractivity contribution in [1.29, 1.82) is 0 Å². The molecule has 11 nitrogen and oxygen atoms in total. The SMILES string of the molecule is Cc1nc2ncc(-c3nc(Nc4ccc(S(=O)(=O)N5CC6CCC(C5)N6)cn4)ncc3F)cc2n1C(C)C. The lowest BCUT2D eigenvalue weighted by Crippen LogP contribution is -2.52. The second-order valence-electron chi connectivity index (χ2n) is 10.0. The minimum Gasteiger partial charge on any atom is -0.324 e. The summed E-state index contributed by atoms with van der Waals surface area (Å²) in [6, 6.07) is 5.43. The lowest BCUT2D eigenvalue weighted by Gasteiger charge is -2.31. The molecule has 4 aromatic rings. The second kappa shape index (κ2) is 9.33. The summed E-state index contributed by atoms with van der Waals surface area (Å²) in [4.78, 5) is 21.7. The first-order valence-corrected chi connectivity index (χ1v) is 14.0. The molecule has 2 aliphatic heterocycles. The lowest BCUT2D eigenvalue weighted by atomic mass is 10.2. The van der Waals surface area contributed by atoms with Crippen LogP contribution in [0.5, 0.6) is 0 Å². The number of piperazine rings is 1. The molecule has 0 saturated carbocycles. The third-order valence-electron chi connectivity index (χ3n) is 7.05. The highest BCUT2D eigenvalue weighted by Crippen LogP contribution is 2.28. The van der Waals surface area contributed by atoms with Gasteiger partial charge in [-0.3, -0.25) is 0 Å². The zero-order valence-electron chi connectivity index (χ0n) is 21.3. The van der Waals surface area contributed by atoms with Crippen LogP contribution < -0.4 is 10.6 Å². The molecule has 4 aromatic heterocycles. The van der Waals surface area contributed by atoms with Crippen LogP contribution in [0.15, 0.2) is 41.7 Å². The summed E-state index contributed by atoms with van der Waals surface area (Å²) in [6.07, 6.45) is 5.91. The molecule has 2 unspecified atom stereocenters. The molecule has 0 aliphatic carbocycles. The summed E-state index contributed by atoms with van der Waals surface area (Å²) < 4.78 is 44.6. The van der Waals surface area contributed by atoms with Crippen LogP contribution in [0, 0.1) is 12.7 Å². The van der Waals surface area contributed by atoms with Crippen molar-refractivity contribution in [2.75, 3.05) is 18.4 Å². The van der Waals surface area contributed by atoms with Crippen LogP contribution in [0.1, 0.15) is 38.6 Å². The van der Waals surface area contributed by atoms with E-state index >= 15 is 0 Å². The largest absolute Gasteiger partial charge is 0.324 e. The molecule has 2 aliphatic rings. The molecule has 6 heterocycles. The van der Waals surface area contributed by atoms with Gasteiger partial charge in [0.1, 0.15) is 22.2 Å². The van der Waals surface area contributed by atoms with Crippen molar-refractivity contribution in [2.45, 2.75) is 56.6 Å². The maximum atomic E-state index is 14.8. The van der Waals surface area contributed by atoms with E-state index in [1.165, 1.54) is 22.8 Å². The van der Waals surface area contributed by atoms with Crippen molar-refractivity contribution < 1.29 is 12.8 Å². The molecular weight excluding hydrogens is 509 g/mol. The zero-order chi connectivity index (χ0) is 26.6. The maximum Gasteiger partial charge on any atom is 0.244 e. The Balaban J connectivity index is 1.24. The highest BCUT2D eigenvalue weighted by molar-refractivity contribution is 7.89. The normalized spacial score (nSPS) is 19.9. The van der Waals surface area contributed by atoms with Gasteiger partial charge in [-0.15, -0.1) is 0 Å². The molecule has 38 heavy (non-hydrogen) atoms. The van der Waals surface area contributed by atoms with Gasteiger partial charge in [0.2, 0.25) is 16.0 Å². The van der Waals surface area contributed by atoms with Crippen molar-refractivity contribution in [1.82, 2.24) is 39.1 Å². The van der Waals surface area contributed by atoms with Crippen LogP contribution in [-0.2, 0) is 10.0 Å². The summed E-state index contributed by atoms with van der Waals surface area (Å²) in [6.45, 7) is 6.93. The molecule has 0 amide bonds. The van der Waals surface area contributed by atoms with Crippen LogP contribution in [0.25, 0.3) is 22.4 Å². The summed E-state index contributed by atoms with van der Waals surface area (Å²) in [7, 11) is -3.64. The van der Waals surface area contributed by atoms with Crippen molar-refractivity contribution in [3.8, 4) is 11.3 Å². The fourth-order valence-corrected chi connectivity index (χ4v) is 6.80. The molecule has 0 spiro atoms. The lowest BCUT2D eigenvalue weighted by molar-refractivity contribution is 0.296. The molecule has 2 atom stereocenters. The summed E-state index contributed by atoms with van der Waals surface area (Å²) in [5.41, 5.74) is 1.94. The Hall–Kier alpha value is -3.55. The van der Waals surface area contributed by atoms with E-state index < -0.39 is 15.8 Å². The predicted octanol–water partition coefficient (Wildman–Crippen LogP) is 3.18. The number of halogens is 1. The quantitative estimate of drug-likeness (QED) is 0.381. The average molecular weight is 538 g/mol. The third-order valence-corrected chi connectivity index (χ3v) is 8.87. The number of rotatable bonds is 6. The van der Waals surface area contributed by atoms with Gasteiger partial charge in [-0.05, 0) is 51.8 Å². The summed E-state index contributed by atoms with van der Waals surface area (Å²) in [5, 5.41) is 6.38. The number of hydrogen-bond acceptors (Lipinski definition) is 9. The fraction of sp³-hybridized carbons (Fsp3) is 0.400. The Kier molecular flexibility index (Phi) is 6.08. The van der Waals surface area contributed by atoms with E-state index in [4.69, 9.17) is 0 Å². The number of sulfonamides is 1. The molecule has 2 N–H and O–H groups in total. The minimum absolute atomic E-state index is 0.0820. The van der Waals surface area contributed by atoms with Gasteiger partial charge in [0.25, 0.3) is 0 Å². The molecule has 2 saturated heterocycles. The van der Waals surface area contributed by atoms with E-state index in [1.807, 2.05) is 31.4 Å².